The van der Waals surface area contributed by atoms with E-state index in [0.717, 1.165) is 30.3 Å². The maximum atomic E-state index is 12.8. The van der Waals surface area contributed by atoms with Gasteiger partial charge in [-0.15, -0.1) is 0 Å². The van der Waals surface area contributed by atoms with Gasteiger partial charge in [0.2, 0.25) is 0 Å². The Kier molecular flexibility index (Phi) is 5.74. The van der Waals surface area contributed by atoms with E-state index in [0.29, 0.717) is 5.92 Å². The average molecular weight is 314 g/mol. The molecule has 22 heavy (non-hydrogen) atoms. The summed E-state index contributed by atoms with van der Waals surface area (Å²) in [5, 5.41) is 3.01. The molecule has 1 aromatic heterocycles. The number of halogens is 2. The number of amides is 2. The van der Waals surface area contributed by atoms with Gasteiger partial charge in [-0.25, -0.2) is 9.78 Å². The molecule has 2 rings (SSSR count). The molecule has 1 fully saturated rings. The summed E-state index contributed by atoms with van der Waals surface area (Å²) in [6.07, 6.45) is 8.02. The lowest BCUT2D eigenvalue weighted by Crippen LogP contribution is -2.44. The van der Waals surface area contributed by atoms with Crippen LogP contribution in [0.4, 0.5) is 13.6 Å². The van der Waals surface area contributed by atoms with Gasteiger partial charge in [-0.1, -0.05) is 26.2 Å². The molecule has 1 N–H and O–H groups in total. The molecule has 2 amide bonds. The van der Waals surface area contributed by atoms with Crippen molar-refractivity contribution >= 4 is 6.03 Å². The number of aromatic nitrogens is 2. The Balaban J connectivity index is 1.88. The highest BCUT2D eigenvalue weighted by Gasteiger charge is 2.24. The Bertz CT molecular complexity index is 492. The minimum atomic E-state index is -2.64. The largest absolute Gasteiger partial charge is 0.335 e. The number of alkyl halides is 2. The van der Waals surface area contributed by atoms with E-state index in [4.69, 9.17) is 0 Å². The maximum Gasteiger partial charge on any atom is 0.319 e. The molecule has 1 aromatic rings. The van der Waals surface area contributed by atoms with Crippen LogP contribution >= 0.6 is 0 Å². The van der Waals surface area contributed by atoms with Gasteiger partial charge in [0, 0.05) is 25.5 Å². The zero-order valence-electron chi connectivity index (χ0n) is 13.1. The van der Waals surface area contributed by atoms with Crippen molar-refractivity contribution in [1.29, 1.82) is 0 Å². The molecule has 0 bridgehead atoms. The summed E-state index contributed by atoms with van der Waals surface area (Å²) in [6, 6.07) is -0.0472. The third-order valence-electron chi connectivity index (χ3n) is 4.37. The van der Waals surface area contributed by atoms with Gasteiger partial charge in [0.25, 0.3) is 0 Å². The van der Waals surface area contributed by atoms with Crippen LogP contribution in [0.2, 0.25) is 0 Å². The lowest BCUT2D eigenvalue weighted by molar-refractivity contribution is 0.0650. The zero-order chi connectivity index (χ0) is 16.1. The Hall–Kier alpha value is -1.66. The number of hydrogen-bond acceptors (Lipinski definition) is 2. The molecule has 1 aliphatic carbocycles. The van der Waals surface area contributed by atoms with Gasteiger partial charge >= 0.3 is 12.6 Å². The first-order chi connectivity index (χ1) is 10.5. The van der Waals surface area contributed by atoms with Crippen molar-refractivity contribution in [1.82, 2.24) is 19.8 Å². The first-order valence-electron chi connectivity index (χ1n) is 7.82. The Morgan fingerprint density at radius 3 is 3.00 bits per heavy atom. The van der Waals surface area contributed by atoms with Gasteiger partial charge in [-0.2, -0.15) is 8.78 Å². The van der Waals surface area contributed by atoms with Crippen LogP contribution in [0.1, 0.15) is 51.4 Å². The molecule has 0 saturated heterocycles. The minimum Gasteiger partial charge on any atom is -0.335 e. The molecule has 0 radical (unpaired) electrons. The van der Waals surface area contributed by atoms with E-state index in [9.17, 15) is 13.6 Å². The molecule has 0 aromatic carbocycles. The predicted octanol–water partition coefficient (Wildman–Crippen LogP) is 3.39. The van der Waals surface area contributed by atoms with Gasteiger partial charge < -0.3 is 10.2 Å². The number of carbonyl (C=O) groups excluding carboxylic acids is 1. The van der Waals surface area contributed by atoms with Crippen molar-refractivity contribution in [3.63, 3.8) is 0 Å². The van der Waals surface area contributed by atoms with E-state index in [2.05, 4.69) is 17.2 Å². The second-order valence-electron chi connectivity index (χ2n) is 5.97. The Morgan fingerprint density at radius 1 is 1.55 bits per heavy atom. The van der Waals surface area contributed by atoms with E-state index in [1.165, 1.54) is 23.7 Å². The van der Waals surface area contributed by atoms with Gasteiger partial charge in [0.15, 0.2) is 0 Å². The van der Waals surface area contributed by atoms with Crippen LogP contribution in [0, 0.1) is 5.92 Å². The molecular formula is C15H24F2N4O. The number of rotatable bonds is 5. The normalized spacial score (nSPS) is 21.9. The highest BCUT2D eigenvalue weighted by Crippen LogP contribution is 2.26. The number of carbonyl (C=O) groups is 1. The second-order valence-corrected chi connectivity index (χ2v) is 5.97. The molecule has 124 valence electrons. The molecule has 2 atom stereocenters. The van der Waals surface area contributed by atoms with Crippen LogP contribution < -0.4 is 5.32 Å². The van der Waals surface area contributed by atoms with Crippen LogP contribution in [0.25, 0.3) is 0 Å². The molecular weight excluding hydrogens is 290 g/mol. The van der Waals surface area contributed by atoms with E-state index < -0.39 is 6.55 Å². The molecule has 0 aliphatic heterocycles. The zero-order valence-corrected chi connectivity index (χ0v) is 13.1. The minimum absolute atomic E-state index is 0.0626. The molecule has 5 nitrogen and oxygen atoms in total. The van der Waals surface area contributed by atoms with Gasteiger partial charge in [0.1, 0.15) is 5.82 Å². The molecule has 1 aliphatic rings. The Morgan fingerprint density at radius 2 is 2.32 bits per heavy atom. The fourth-order valence-electron chi connectivity index (χ4n) is 3.01. The number of nitrogens with one attached hydrogen (secondary N) is 1. The summed E-state index contributed by atoms with van der Waals surface area (Å²) in [5.41, 5.74) is 0. The number of imidazole rings is 1. The quantitative estimate of drug-likeness (QED) is 0.905. The lowest BCUT2D eigenvalue weighted by atomic mass is 9.84. The smallest absolute Gasteiger partial charge is 0.319 e. The van der Waals surface area contributed by atoms with Gasteiger partial charge in [-0.05, 0) is 18.8 Å². The topological polar surface area (TPSA) is 50.2 Å². The highest BCUT2D eigenvalue weighted by atomic mass is 19.3. The van der Waals surface area contributed by atoms with Crippen molar-refractivity contribution < 1.29 is 13.6 Å². The van der Waals surface area contributed by atoms with E-state index in [1.54, 1.807) is 7.05 Å². The van der Waals surface area contributed by atoms with Crippen LogP contribution in [-0.4, -0.2) is 33.6 Å². The fraction of sp³-hybridized carbons (Fsp3) is 0.733. The molecule has 7 heteroatoms. The standard InChI is InChI=1S/C15H24F2N4O/c1-3-11-5-4-6-12(9-11)19-15(22)20(2)10-13-18-7-8-21(13)14(16)17/h7-8,11-12,14H,3-6,9-10H2,1-2H3,(H,19,22)/t11-,12-/m1/s1. The first kappa shape index (κ1) is 16.7. The molecule has 1 saturated carbocycles. The van der Waals surface area contributed by atoms with Crippen molar-refractivity contribution in [3.8, 4) is 0 Å². The van der Waals surface area contributed by atoms with Crippen LogP contribution in [-0.2, 0) is 6.54 Å². The molecule has 1 heterocycles. The van der Waals surface area contributed by atoms with Crippen molar-refractivity contribution in [3.05, 3.63) is 18.2 Å². The van der Waals surface area contributed by atoms with Crippen molar-refractivity contribution in [2.45, 2.75) is 58.2 Å². The summed E-state index contributed by atoms with van der Waals surface area (Å²) in [7, 11) is 1.60. The summed E-state index contributed by atoms with van der Waals surface area (Å²) in [4.78, 5) is 17.5. The third kappa shape index (κ3) is 4.18. The molecule has 0 spiro atoms. The first-order valence-corrected chi connectivity index (χ1v) is 7.82. The predicted molar refractivity (Wildman–Crippen MR) is 79.5 cm³/mol. The lowest BCUT2D eigenvalue weighted by Gasteiger charge is -2.30. The average Bonchev–Trinajstić information content (AvgIpc) is 2.95. The van der Waals surface area contributed by atoms with Crippen LogP contribution in [0.3, 0.4) is 0 Å². The number of nitrogens with zero attached hydrogens (tertiary/aromatic N) is 3. The van der Waals surface area contributed by atoms with E-state index in [-0.39, 0.29) is 24.4 Å². The number of urea groups is 1. The van der Waals surface area contributed by atoms with E-state index in [1.807, 2.05) is 0 Å². The third-order valence-corrected chi connectivity index (χ3v) is 4.37. The van der Waals surface area contributed by atoms with Crippen LogP contribution in [0.15, 0.2) is 12.4 Å². The van der Waals surface area contributed by atoms with Gasteiger partial charge in [-0.3, -0.25) is 4.57 Å². The van der Waals surface area contributed by atoms with E-state index >= 15 is 0 Å². The maximum absolute atomic E-state index is 12.8. The summed E-state index contributed by atoms with van der Waals surface area (Å²) < 4.78 is 26.3. The highest BCUT2D eigenvalue weighted by molar-refractivity contribution is 5.74. The SMILES string of the molecule is CC[C@@H]1CCC[C@@H](NC(=O)N(C)Cc2nccn2C(F)F)C1. The summed E-state index contributed by atoms with van der Waals surface area (Å²) >= 11 is 0. The fourth-order valence-corrected chi connectivity index (χ4v) is 3.01. The molecule has 0 unspecified atom stereocenters. The van der Waals surface area contributed by atoms with Crippen molar-refractivity contribution in [2.24, 2.45) is 5.92 Å². The second kappa shape index (κ2) is 7.56. The van der Waals surface area contributed by atoms with Gasteiger partial charge in [0.05, 0.1) is 6.54 Å². The number of hydrogen-bond donors (Lipinski definition) is 1. The monoisotopic (exact) mass is 314 g/mol. The summed E-state index contributed by atoms with van der Waals surface area (Å²) in [6.45, 7) is -0.407. The van der Waals surface area contributed by atoms with Crippen LogP contribution in [0.5, 0.6) is 0 Å². The van der Waals surface area contributed by atoms with Crippen molar-refractivity contribution in [2.75, 3.05) is 7.05 Å². The Labute approximate surface area is 129 Å². The summed E-state index contributed by atoms with van der Waals surface area (Å²) in [5.74, 6) is 0.852.